The lowest BCUT2D eigenvalue weighted by atomic mass is 9.86. The second-order valence-electron chi connectivity index (χ2n) is 9.47. The van der Waals surface area contributed by atoms with E-state index < -0.39 is 5.60 Å². The first kappa shape index (κ1) is 17.5. The molecule has 0 aromatic heterocycles. The Bertz CT molecular complexity index is 534. The van der Waals surface area contributed by atoms with Gasteiger partial charge in [-0.2, -0.15) is 0 Å². The summed E-state index contributed by atoms with van der Waals surface area (Å²) < 4.78 is 5.52. The Balaban J connectivity index is 1.59. The van der Waals surface area contributed by atoms with Gasteiger partial charge in [0.25, 0.3) is 0 Å². The van der Waals surface area contributed by atoms with Crippen LogP contribution in [0.25, 0.3) is 0 Å². The molecule has 3 fully saturated rings. The smallest absolute Gasteiger partial charge is 0.410 e. The lowest BCUT2D eigenvalue weighted by molar-refractivity contribution is -0.121. The molecule has 24 heavy (non-hydrogen) atoms. The zero-order valence-corrected chi connectivity index (χ0v) is 15.6. The maximum atomic E-state index is 12.4. The van der Waals surface area contributed by atoms with Crippen molar-refractivity contribution in [2.45, 2.75) is 59.1 Å². The molecular formula is C18H31N3O3. The molecule has 1 spiro atoms. The quantitative estimate of drug-likeness (QED) is 0.823. The monoisotopic (exact) mass is 337 g/mol. The van der Waals surface area contributed by atoms with Crippen molar-refractivity contribution in [2.24, 2.45) is 16.7 Å². The van der Waals surface area contributed by atoms with Crippen LogP contribution in [-0.2, 0) is 9.53 Å². The number of likely N-dealkylation sites (tertiary alicyclic amines) is 1. The minimum absolute atomic E-state index is 0.0722. The van der Waals surface area contributed by atoms with Crippen molar-refractivity contribution in [1.29, 1.82) is 0 Å². The van der Waals surface area contributed by atoms with Crippen molar-refractivity contribution < 1.29 is 14.3 Å². The van der Waals surface area contributed by atoms with Gasteiger partial charge in [0.2, 0.25) is 5.91 Å². The van der Waals surface area contributed by atoms with Gasteiger partial charge in [-0.25, -0.2) is 4.79 Å². The highest BCUT2D eigenvalue weighted by Gasteiger charge is 2.56. The summed E-state index contributed by atoms with van der Waals surface area (Å²) in [5, 5.41) is 6.41. The number of nitrogens with one attached hydrogen (secondary N) is 2. The number of rotatable bonds is 3. The summed E-state index contributed by atoms with van der Waals surface area (Å²) in [6.07, 6.45) is 2.12. The van der Waals surface area contributed by atoms with Crippen LogP contribution in [0.4, 0.5) is 4.79 Å². The lowest BCUT2D eigenvalue weighted by Gasteiger charge is -2.27. The first-order chi connectivity index (χ1) is 11.0. The Hall–Kier alpha value is -1.30. The third kappa shape index (κ3) is 3.39. The topological polar surface area (TPSA) is 70.7 Å². The van der Waals surface area contributed by atoms with E-state index in [0.717, 1.165) is 19.6 Å². The molecule has 2 saturated heterocycles. The Morgan fingerprint density at radius 1 is 1.38 bits per heavy atom. The van der Waals surface area contributed by atoms with Gasteiger partial charge in [-0.05, 0) is 44.9 Å². The van der Waals surface area contributed by atoms with E-state index in [1.807, 2.05) is 25.7 Å². The molecule has 2 atom stereocenters. The number of carbonyl (C=O) groups excluding carboxylic acids is 2. The van der Waals surface area contributed by atoms with Crippen LogP contribution in [0, 0.1) is 16.7 Å². The Kier molecular flexibility index (Phi) is 4.10. The van der Waals surface area contributed by atoms with E-state index in [-0.39, 0.29) is 28.9 Å². The normalized spacial score (nSPS) is 30.5. The fourth-order valence-electron chi connectivity index (χ4n) is 4.01. The van der Waals surface area contributed by atoms with Crippen LogP contribution >= 0.6 is 0 Å². The molecule has 136 valence electrons. The lowest BCUT2D eigenvalue weighted by Crippen LogP contribution is -2.46. The summed E-state index contributed by atoms with van der Waals surface area (Å²) in [5.41, 5.74) is -0.295. The van der Waals surface area contributed by atoms with Gasteiger partial charge >= 0.3 is 6.09 Å². The SMILES string of the molecule is CC(C)(C)OC(=O)N1CC(CNC2C(=O)NCC2(C)C)C2(CC2)C1. The highest BCUT2D eigenvalue weighted by Crippen LogP contribution is 2.56. The highest BCUT2D eigenvalue weighted by atomic mass is 16.6. The van der Waals surface area contributed by atoms with Crippen molar-refractivity contribution in [2.75, 3.05) is 26.2 Å². The van der Waals surface area contributed by atoms with Gasteiger partial charge in [0.15, 0.2) is 0 Å². The Labute approximate surface area is 144 Å². The van der Waals surface area contributed by atoms with Gasteiger partial charge in [-0.3, -0.25) is 4.79 Å². The largest absolute Gasteiger partial charge is 0.444 e. The standard InChI is InChI=1S/C18H31N3O3/c1-16(2,3)24-15(23)21-9-12(18(11-21)6-7-18)8-19-13-14(22)20-10-17(13,4)5/h12-13,19H,6-11H2,1-5H3,(H,20,22). The van der Waals surface area contributed by atoms with Gasteiger partial charge in [-0.15, -0.1) is 0 Å². The molecule has 6 heteroatoms. The van der Waals surface area contributed by atoms with Crippen LogP contribution in [-0.4, -0.2) is 54.7 Å². The molecule has 0 aromatic rings. The van der Waals surface area contributed by atoms with Gasteiger partial charge in [0, 0.05) is 31.6 Å². The summed E-state index contributed by atoms with van der Waals surface area (Å²) in [6.45, 7) is 12.9. The van der Waals surface area contributed by atoms with Crippen molar-refractivity contribution in [3.05, 3.63) is 0 Å². The summed E-state index contributed by atoms with van der Waals surface area (Å²) in [7, 11) is 0. The molecular weight excluding hydrogens is 306 g/mol. The van der Waals surface area contributed by atoms with Crippen LogP contribution in [0.5, 0.6) is 0 Å². The van der Waals surface area contributed by atoms with Crippen LogP contribution in [0.15, 0.2) is 0 Å². The van der Waals surface area contributed by atoms with E-state index in [1.165, 1.54) is 12.8 Å². The summed E-state index contributed by atoms with van der Waals surface area (Å²) >= 11 is 0. The van der Waals surface area contributed by atoms with E-state index in [9.17, 15) is 9.59 Å². The Morgan fingerprint density at radius 3 is 2.54 bits per heavy atom. The highest BCUT2D eigenvalue weighted by molar-refractivity contribution is 5.85. The zero-order valence-electron chi connectivity index (χ0n) is 15.6. The van der Waals surface area contributed by atoms with E-state index in [2.05, 4.69) is 24.5 Å². The van der Waals surface area contributed by atoms with Crippen molar-refractivity contribution >= 4 is 12.0 Å². The van der Waals surface area contributed by atoms with Crippen molar-refractivity contribution in [3.8, 4) is 0 Å². The van der Waals surface area contributed by atoms with E-state index in [4.69, 9.17) is 4.74 Å². The number of amides is 2. The molecule has 2 amide bonds. The predicted molar refractivity (Wildman–Crippen MR) is 91.5 cm³/mol. The zero-order chi connectivity index (χ0) is 17.8. The molecule has 1 saturated carbocycles. The maximum Gasteiger partial charge on any atom is 0.410 e. The third-order valence-corrected chi connectivity index (χ3v) is 5.69. The van der Waals surface area contributed by atoms with Crippen LogP contribution in [0.3, 0.4) is 0 Å². The maximum absolute atomic E-state index is 12.4. The molecule has 2 heterocycles. The molecule has 0 aromatic carbocycles. The molecule has 1 aliphatic carbocycles. The van der Waals surface area contributed by atoms with Crippen LogP contribution < -0.4 is 10.6 Å². The fraction of sp³-hybridized carbons (Fsp3) is 0.889. The van der Waals surface area contributed by atoms with E-state index in [1.54, 1.807) is 0 Å². The second kappa shape index (κ2) is 5.61. The molecule has 6 nitrogen and oxygen atoms in total. The number of carbonyl (C=O) groups is 2. The number of hydrogen-bond acceptors (Lipinski definition) is 4. The number of ether oxygens (including phenoxy) is 1. The average Bonchev–Trinajstić information content (AvgIpc) is 3.04. The van der Waals surface area contributed by atoms with Gasteiger partial charge in [-0.1, -0.05) is 13.8 Å². The van der Waals surface area contributed by atoms with Crippen molar-refractivity contribution in [1.82, 2.24) is 15.5 Å². The van der Waals surface area contributed by atoms with Gasteiger partial charge in [0.05, 0.1) is 6.04 Å². The summed E-state index contributed by atoms with van der Waals surface area (Å²) in [5.74, 6) is 0.487. The molecule has 2 N–H and O–H groups in total. The predicted octanol–water partition coefficient (Wildman–Crippen LogP) is 1.75. The molecule has 3 aliphatic rings. The molecule has 2 aliphatic heterocycles. The average molecular weight is 337 g/mol. The third-order valence-electron chi connectivity index (χ3n) is 5.69. The van der Waals surface area contributed by atoms with Gasteiger partial charge < -0.3 is 20.3 Å². The fourth-order valence-corrected chi connectivity index (χ4v) is 4.01. The first-order valence-corrected chi connectivity index (χ1v) is 9.02. The second-order valence-corrected chi connectivity index (χ2v) is 9.47. The summed E-state index contributed by atoms with van der Waals surface area (Å²) in [4.78, 5) is 26.3. The molecule has 0 bridgehead atoms. The van der Waals surface area contributed by atoms with Crippen molar-refractivity contribution in [3.63, 3.8) is 0 Å². The van der Waals surface area contributed by atoms with Crippen LogP contribution in [0.2, 0.25) is 0 Å². The minimum atomic E-state index is -0.462. The minimum Gasteiger partial charge on any atom is -0.444 e. The van der Waals surface area contributed by atoms with Gasteiger partial charge in [0.1, 0.15) is 5.60 Å². The summed E-state index contributed by atoms with van der Waals surface area (Å²) in [6, 6.07) is -0.149. The molecule has 2 unspecified atom stereocenters. The number of nitrogens with zero attached hydrogens (tertiary/aromatic N) is 1. The molecule has 3 rings (SSSR count). The van der Waals surface area contributed by atoms with Crippen LogP contribution in [0.1, 0.15) is 47.5 Å². The first-order valence-electron chi connectivity index (χ1n) is 9.02. The van der Waals surface area contributed by atoms with E-state index in [0.29, 0.717) is 12.5 Å². The Morgan fingerprint density at radius 2 is 2.04 bits per heavy atom. The molecule has 0 radical (unpaired) electrons. The number of hydrogen-bond donors (Lipinski definition) is 2. The van der Waals surface area contributed by atoms with E-state index >= 15 is 0 Å².